The smallest absolute Gasteiger partial charge is 0.192 e. The second kappa shape index (κ2) is 6.02. The van der Waals surface area contributed by atoms with Crippen LogP contribution >= 0.6 is 0 Å². The van der Waals surface area contributed by atoms with Gasteiger partial charge in [0, 0.05) is 34.8 Å². The predicted octanol–water partition coefficient (Wildman–Crippen LogP) is 4.21. The number of ether oxygens (including phenoxy) is 1. The van der Waals surface area contributed by atoms with Crippen molar-refractivity contribution < 1.29 is 14.3 Å². The van der Waals surface area contributed by atoms with E-state index in [-0.39, 0.29) is 23.4 Å². The first-order valence-corrected chi connectivity index (χ1v) is 9.31. The van der Waals surface area contributed by atoms with E-state index in [2.05, 4.69) is 0 Å². The van der Waals surface area contributed by atoms with Crippen molar-refractivity contribution in [3.63, 3.8) is 0 Å². The molecular weight excluding hydrogens is 338 g/mol. The van der Waals surface area contributed by atoms with E-state index >= 15 is 0 Å². The van der Waals surface area contributed by atoms with Crippen molar-refractivity contribution >= 4 is 23.0 Å². The Bertz CT molecular complexity index is 1030. The van der Waals surface area contributed by atoms with E-state index in [0.29, 0.717) is 17.6 Å². The fourth-order valence-electron chi connectivity index (χ4n) is 4.62. The topological polar surface area (TPSA) is 55.7 Å². The molecule has 27 heavy (non-hydrogen) atoms. The Morgan fingerprint density at radius 2 is 1.67 bits per heavy atom. The highest BCUT2D eigenvalue weighted by atomic mass is 16.5. The summed E-state index contributed by atoms with van der Waals surface area (Å²) >= 11 is 0. The van der Waals surface area contributed by atoms with Gasteiger partial charge >= 0.3 is 0 Å². The van der Waals surface area contributed by atoms with E-state index in [9.17, 15) is 9.59 Å². The van der Waals surface area contributed by atoms with Gasteiger partial charge in [0.25, 0.3) is 0 Å². The molecule has 0 N–H and O–H groups in total. The van der Waals surface area contributed by atoms with Gasteiger partial charge in [-0.25, -0.2) is 0 Å². The van der Waals surface area contributed by atoms with Gasteiger partial charge in [0.1, 0.15) is 11.5 Å². The number of hydrogen-bond donors (Lipinski definition) is 0. The molecule has 2 atom stereocenters. The molecule has 0 unspecified atom stereocenters. The third kappa shape index (κ3) is 2.33. The van der Waals surface area contributed by atoms with Gasteiger partial charge in [-0.15, -0.1) is 0 Å². The minimum absolute atomic E-state index is 0.00240. The van der Waals surface area contributed by atoms with Gasteiger partial charge in [0.2, 0.25) is 0 Å². The maximum atomic E-state index is 13.3. The standard InChI is InChI=1S/C23H19NO3/c1-27-14-11-9-13(10-12-14)19-20-17(7-4-8-18(20)25)24-22-15-5-2-3-6-16(15)23(26)21(19)22/h2-3,5-6,9-12,19-20H,4,7-8H2,1H3/t19-,20+/m0/s1. The Labute approximate surface area is 157 Å². The van der Waals surface area contributed by atoms with Gasteiger partial charge < -0.3 is 4.74 Å². The average molecular weight is 357 g/mol. The number of allylic oxidation sites excluding steroid dienone is 1. The molecule has 0 amide bonds. The van der Waals surface area contributed by atoms with Crippen LogP contribution in [-0.2, 0) is 4.79 Å². The summed E-state index contributed by atoms with van der Waals surface area (Å²) < 4.78 is 5.27. The molecule has 2 aromatic carbocycles. The lowest BCUT2D eigenvalue weighted by Gasteiger charge is -2.34. The van der Waals surface area contributed by atoms with E-state index in [4.69, 9.17) is 9.73 Å². The Morgan fingerprint density at radius 3 is 2.41 bits per heavy atom. The van der Waals surface area contributed by atoms with E-state index in [1.807, 2.05) is 48.5 Å². The van der Waals surface area contributed by atoms with E-state index in [1.165, 1.54) is 0 Å². The van der Waals surface area contributed by atoms with Crippen LogP contribution in [0.1, 0.15) is 46.7 Å². The van der Waals surface area contributed by atoms with Crippen molar-refractivity contribution in [3.05, 3.63) is 70.8 Å². The highest BCUT2D eigenvalue weighted by molar-refractivity contribution is 6.25. The number of rotatable bonds is 2. The van der Waals surface area contributed by atoms with Crippen molar-refractivity contribution in [1.29, 1.82) is 0 Å². The monoisotopic (exact) mass is 357 g/mol. The summed E-state index contributed by atoms with van der Waals surface area (Å²) in [5, 5.41) is 0. The molecule has 4 nitrogen and oxygen atoms in total. The number of nitrogens with zero attached hydrogens (tertiary/aromatic N) is 1. The number of carbonyl (C=O) groups is 2. The van der Waals surface area contributed by atoms with Crippen LogP contribution in [0.25, 0.3) is 5.70 Å². The maximum absolute atomic E-state index is 13.3. The number of aliphatic imine (C=N–C) groups is 1. The van der Waals surface area contributed by atoms with Crippen LogP contribution in [0.2, 0.25) is 0 Å². The summed E-state index contributed by atoms with van der Waals surface area (Å²) in [7, 11) is 1.63. The summed E-state index contributed by atoms with van der Waals surface area (Å²) in [6.45, 7) is 0. The molecule has 5 rings (SSSR count). The second-order valence-corrected chi connectivity index (χ2v) is 7.29. The van der Waals surface area contributed by atoms with Crippen molar-refractivity contribution in [2.45, 2.75) is 25.2 Å². The Hall–Kier alpha value is -3.01. The first-order chi connectivity index (χ1) is 13.2. The van der Waals surface area contributed by atoms with Crippen LogP contribution in [-0.4, -0.2) is 24.4 Å². The van der Waals surface area contributed by atoms with Gasteiger partial charge in [-0.3, -0.25) is 14.6 Å². The molecule has 2 aromatic rings. The highest BCUT2D eigenvalue weighted by Gasteiger charge is 2.46. The number of benzene rings is 2. The molecular formula is C23H19NO3. The van der Waals surface area contributed by atoms with Crippen LogP contribution in [0, 0.1) is 5.92 Å². The zero-order chi connectivity index (χ0) is 18.5. The summed E-state index contributed by atoms with van der Waals surface area (Å²) in [4.78, 5) is 31.0. The minimum atomic E-state index is -0.329. The average Bonchev–Trinajstić information content (AvgIpc) is 2.99. The zero-order valence-electron chi connectivity index (χ0n) is 15.1. The Kier molecular flexibility index (Phi) is 3.61. The highest BCUT2D eigenvalue weighted by Crippen LogP contribution is 2.49. The van der Waals surface area contributed by atoms with Crippen LogP contribution < -0.4 is 4.74 Å². The fraction of sp³-hybridized carbons (Fsp3) is 0.261. The summed E-state index contributed by atoms with van der Waals surface area (Å²) in [6.07, 6.45) is 2.21. The van der Waals surface area contributed by atoms with E-state index in [1.54, 1.807) is 7.11 Å². The van der Waals surface area contributed by atoms with Gasteiger partial charge in [0.15, 0.2) is 5.78 Å². The first kappa shape index (κ1) is 16.2. The quantitative estimate of drug-likeness (QED) is 0.809. The molecule has 0 spiro atoms. The third-order valence-electron chi connectivity index (χ3n) is 5.86. The number of methoxy groups -OCH3 is 1. The van der Waals surface area contributed by atoms with Crippen molar-refractivity contribution in [1.82, 2.24) is 0 Å². The van der Waals surface area contributed by atoms with Gasteiger partial charge in [-0.2, -0.15) is 0 Å². The molecule has 2 aliphatic carbocycles. The first-order valence-electron chi connectivity index (χ1n) is 9.31. The molecule has 0 radical (unpaired) electrons. The lowest BCUT2D eigenvalue weighted by Crippen LogP contribution is -2.37. The maximum Gasteiger partial charge on any atom is 0.192 e. The molecule has 0 saturated heterocycles. The van der Waals surface area contributed by atoms with Gasteiger partial charge in [-0.05, 0) is 30.5 Å². The van der Waals surface area contributed by atoms with Crippen LogP contribution in [0.3, 0.4) is 0 Å². The van der Waals surface area contributed by atoms with E-state index < -0.39 is 0 Å². The number of hydrogen-bond acceptors (Lipinski definition) is 4. The van der Waals surface area contributed by atoms with E-state index in [0.717, 1.165) is 41.1 Å². The molecule has 134 valence electrons. The lowest BCUT2D eigenvalue weighted by atomic mass is 9.69. The van der Waals surface area contributed by atoms with Crippen LogP contribution in [0.15, 0.2) is 59.1 Å². The number of fused-ring (bicyclic) bond motifs is 3. The van der Waals surface area contributed by atoms with Gasteiger partial charge in [-0.1, -0.05) is 36.4 Å². The fourth-order valence-corrected chi connectivity index (χ4v) is 4.62. The van der Waals surface area contributed by atoms with Crippen LogP contribution in [0.5, 0.6) is 5.75 Å². The van der Waals surface area contributed by atoms with Gasteiger partial charge in [0.05, 0.1) is 18.7 Å². The predicted molar refractivity (Wildman–Crippen MR) is 103 cm³/mol. The van der Waals surface area contributed by atoms with Crippen LogP contribution in [0.4, 0.5) is 0 Å². The second-order valence-electron chi connectivity index (χ2n) is 7.29. The summed E-state index contributed by atoms with van der Waals surface area (Å²) in [5.41, 5.74) is 4.91. The normalized spacial score (nSPS) is 23.5. The van der Waals surface area contributed by atoms with Crippen molar-refractivity contribution in [2.75, 3.05) is 7.11 Å². The molecule has 1 heterocycles. The molecule has 1 fully saturated rings. The lowest BCUT2D eigenvalue weighted by molar-refractivity contribution is -0.121. The number of ketones is 2. The minimum Gasteiger partial charge on any atom is -0.497 e. The van der Waals surface area contributed by atoms with Crippen molar-refractivity contribution in [3.8, 4) is 5.75 Å². The number of Topliss-reactive ketones (excluding diaryl/α,β-unsaturated/α-hetero) is 2. The third-order valence-corrected chi connectivity index (χ3v) is 5.86. The molecule has 1 saturated carbocycles. The molecule has 0 aromatic heterocycles. The molecule has 4 heteroatoms. The molecule has 3 aliphatic rings. The molecule has 0 bridgehead atoms. The Morgan fingerprint density at radius 1 is 0.926 bits per heavy atom. The Balaban J connectivity index is 1.72. The van der Waals surface area contributed by atoms with Crippen molar-refractivity contribution in [2.24, 2.45) is 10.9 Å². The SMILES string of the molecule is COc1ccc([C@@H]2C3=C(N=C4CCCC(=O)[C@@H]42)c2ccccc2C3=O)cc1. The summed E-state index contributed by atoms with van der Waals surface area (Å²) in [6, 6.07) is 15.3. The zero-order valence-corrected chi connectivity index (χ0v) is 15.1. The molecule has 1 aliphatic heterocycles. The summed E-state index contributed by atoms with van der Waals surface area (Å²) in [5.74, 6) is 0.350. The largest absolute Gasteiger partial charge is 0.497 e. The number of carbonyl (C=O) groups excluding carboxylic acids is 2.